The zero-order chi connectivity index (χ0) is 25.0. The van der Waals surface area contributed by atoms with Crippen LogP contribution in [0.5, 0.6) is 0 Å². The molecule has 1 spiro atoms. The number of aliphatic hydroxyl groups excluding tert-OH is 2. The third kappa shape index (κ3) is 2.73. The summed E-state index contributed by atoms with van der Waals surface area (Å²) in [6, 6.07) is 0. The maximum atomic E-state index is 13.4. The summed E-state index contributed by atoms with van der Waals surface area (Å²) >= 11 is 0. The Bertz CT molecular complexity index is 983. The number of hydrogen-bond acceptors (Lipinski definition) is 7. The Hall–Kier alpha value is -1.54. The number of fused-ring (bicyclic) bond motifs is 1. The molecular weight excluding hydrogens is 436 g/mol. The first-order valence-electron chi connectivity index (χ1n) is 12.6. The van der Waals surface area contributed by atoms with E-state index in [0.717, 1.165) is 5.57 Å². The zero-order valence-corrected chi connectivity index (χ0v) is 20.9. The molecule has 188 valence electrons. The predicted octanol–water partition coefficient (Wildman–Crippen LogP) is 2.38. The molecule has 0 aromatic carbocycles. The lowest BCUT2D eigenvalue weighted by Crippen LogP contribution is -2.77. The summed E-state index contributed by atoms with van der Waals surface area (Å²) in [7, 11) is 0. The smallest absolute Gasteiger partial charge is 0.309 e. The maximum absolute atomic E-state index is 13.4. The molecule has 4 fully saturated rings. The van der Waals surface area contributed by atoms with Gasteiger partial charge < -0.3 is 24.8 Å². The van der Waals surface area contributed by atoms with Crippen molar-refractivity contribution in [2.24, 2.45) is 46.3 Å². The van der Waals surface area contributed by atoms with Crippen molar-refractivity contribution in [2.45, 2.75) is 78.5 Å². The topological polar surface area (TPSA) is 113 Å². The Labute approximate surface area is 201 Å². The van der Waals surface area contributed by atoms with Crippen molar-refractivity contribution in [3.05, 3.63) is 23.3 Å². The number of hydrogen-bond donors (Lipinski definition) is 3. The molecule has 5 aliphatic rings. The fraction of sp³-hybridized carbons (Fsp3) is 0.778. The number of rotatable bonds is 3. The van der Waals surface area contributed by atoms with Gasteiger partial charge >= 0.3 is 5.97 Å². The average molecular weight is 475 g/mol. The number of ether oxygens (including phenoxy) is 2. The third-order valence-electron chi connectivity index (χ3n) is 10.4. The quantitative estimate of drug-likeness (QED) is 0.425. The fourth-order valence-electron chi connectivity index (χ4n) is 8.61. The Balaban J connectivity index is 1.69. The molecule has 3 N–H and O–H groups in total. The lowest BCUT2D eigenvalue weighted by molar-refractivity contribution is -0.337. The van der Waals surface area contributed by atoms with E-state index in [2.05, 4.69) is 19.9 Å². The van der Waals surface area contributed by atoms with Crippen molar-refractivity contribution in [3.63, 3.8) is 0 Å². The molecule has 11 atom stereocenters. The van der Waals surface area contributed by atoms with Crippen LogP contribution in [0.25, 0.3) is 0 Å². The van der Waals surface area contributed by atoms with Gasteiger partial charge in [0.2, 0.25) is 0 Å². The third-order valence-corrected chi connectivity index (χ3v) is 10.4. The lowest BCUT2D eigenvalue weighted by Gasteiger charge is -2.68. The van der Waals surface area contributed by atoms with E-state index in [0.29, 0.717) is 18.8 Å². The van der Waals surface area contributed by atoms with E-state index in [-0.39, 0.29) is 24.4 Å². The minimum atomic E-state index is -1.93. The maximum Gasteiger partial charge on any atom is 0.309 e. The molecule has 0 radical (unpaired) electrons. The van der Waals surface area contributed by atoms with Crippen LogP contribution in [0.1, 0.15) is 54.4 Å². The van der Waals surface area contributed by atoms with Gasteiger partial charge in [0.25, 0.3) is 0 Å². The van der Waals surface area contributed by atoms with Crippen LogP contribution < -0.4 is 0 Å². The van der Waals surface area contributed by atoms with Gasteiger partial charge in [-0.05, 0) is 56.4 Å². The summed E-state index contributed by atoms with van der Waals surface area (Å²) in [4.78, 5) is 26.2. The van der Waals surface area contributed by atoms with Crippen LogP contribution in [0.15, 0.2) is 23.3 Å². The normalized spacial score (nSPS) is 52.2. The molecule has 34 heavy (non-hydrogen) atoms. The Morgan fingerprint density at radius 1 is 1.29 bits per heavy atom. The first kappa shape index (κ1) is 24.2. The summed E-state index contributed by atoms with van der Waals surface area (Å²) in [5.41, 5.74) is 0.121. The second-order valence-electron chi connectivity index (χ2n) is 12.1. The highest BCUT2D eigenvalue weighted by atomic mass is 16.6. The Kier molecular flexibility index (Phi) is 5.32. The van der Waals surface area contributed by atoms with Gasteiger partial charge in [-0.2, -0.15) is 0 Å². The molecule has 2 aliphatic heterocycles. The number of carbonyl (C=O) groups is 2. The molecule has 7 heteroatoms. The van der Waals surface area contributed by atoms with Gasteiger partial charge in [-0.3, -0.25) is 9.59 Å². The largest absolute Gasteiger partial charge is 0.461 e. The van der Waals surface area contributed by atoms with Crippen molar-refractivity contribution in [1.29, 1.82) is 0 Å². The van der Waals surface area contributed by atoms with Gasteiger partial charge in [-0.25, -0.2) is 0 Å². The van der Waals surface area contributed by atoms with Gasteiger partial charge in [0.05, 0.1) is 12.5 Å². The van der Waals surface area contributed by atoms with Gasteiger partial charge in [0.15, 0.2) is 11.6 Å². The second kappa shape index (κ2) is 7.48. The van der Waals surface area contributed by atoms with E-state index in [1.54, 1.807) is 0 Å². The number of carbonyl (C=O) groups excluding carboxylic acids is 2. The highest BCUT2D eigenvalue weighted by Crippen LogP contribution is 2.74. The molecular formula is C27H38O7. The standard InChI is InChI=1S/C27H38O7/c1-12(2)13(3)7-8-16-20-15(5)21(29)27(32)24-25(6)17(14(4)9-18(28)22(25)30)10-19(34-23(16)31)26(20,24)11-33-27/h7,9,12,15-17,19-22,24,29-30,32H,8,10-11H2,1-6H3. The summed E-state index contributed by atoms with van der Waals surface area (Å²) < 4.78 is 12.2. The molecule has 0 aromatic rings. The fourth-order valence-corrected chi connectivity index (χ4v) is 8.61. The van der Waals surface area contributed by atoms with Gasteiger partial charge in [-0.1, -0.05) is 44.9 Å². The molecule has 2 saturated carbocycles. The van der Waals surface area contributed by atoms with Crippen LogP contribution in [-0.2, 0) is 19.1 Å². The predicted molar refractivity (Wildman–Crippen MR) is 123 cm³/mol. The lowest BCUT2D eigenvalue weighted by atomic mass is 9.37. The van der Waals surface area contributed by atoms with Crippen molar-refractivity contribution >= 4 is 11.8 Å². The van der Waals surface area contributed by atoms with Crippen molar-refractivity contribution in [1.82, 2.24) is 0 Å². The second-order valence-corrected chi connectivity index (χ2v) is 12.1. The van der Waals surface area contributed by atoms with Crippen LogP contribution in [0.2, 0.25) is 0 Å². The minimum absolute atomic E-state index is 0.119. The van der Waals surface area contributed by atoms with Crippen LogP contribution in [-0.4, -0.2) is 57.8 Å². The highest BCUT2D eigenvalue weighted by Gasteiger charge is 2.82. The number of ketones is 1. The minimum Gasteiger partial charge on any atom is -0.461 e. The zero-order valence-electron chi connectivity index (χ0n) is 20.9. The molecule has 7 nitrogen and oxygen atoms in total. The molecule has 0 amide bonds. The SMILES string of the molecule is CC(=CCC1C(=O)OC2CC3C(C)=CC(=O)C(O)C3(C)C3C4(O)OCC23C1C(C)C4O)C(C)C. The summed E-state index contributed by atoms with van der Waals surface area (Å²) in [6.07, 6.45) is 1.37. The Morgan fingerprint density at radius 2 is 1.97 bits per heavy atom. The van der Waals surface area contributed by atoms with Crippen LogP contribution in [0.4, 0.5) is 0 Å². The highest BCUT2D eigenvalue weighted by molar-refractivity contribution is 5.96. The van der Waals surface area contributed by atoms with E-state index in [4.69, 9.17) is 9.47 Å². The van der Waals surface area contributed by atoms with Crippen LogP contribution >= 0.6 is 0 Å². The van der Waals surface area contributed by atoms with E-state index in [9.17, 15) is 24.9 Å². The molecule has 0 aromatic heterocycles. The summed E-state index contributed by atoms with van der Waals surface area (Å²) in [5.74, 6) is -4.55. The summed E-state index contributed by atoms with van der Waals surface area (Å²) in [5, 5.41) is 34.6. The molecule has 5 rings (SSSR count). The van der Waals surface area contributed by atoms with E-state index < -0.39 is 58.5 Å². The van der Waals surface area contributed by atoms with E-state index in [1.807, 2.05) is 27.7 Å². The molecule has 3 aliphatic carbocycles. The van der Waals surface area contributed by atoms with Crippen molar-refractivity contribution < 1.29 is 34.4 Å². The molecule has 2 bridgehead atoms. The molecule has 2 saturated heterocycles. The van der Waals surface area contributed by atoms with Crippen LogP contribution in [0, 0.1) is 46.3 Å². The number of esters is 1. The van der Waals surface area contributed by atoms with Crippen LogP contribution in [0.3, 0.4) is 0 Å². The van der Waals surface area contributed by atoms with Crippen molar-refractivity contribution in [3.8, 4) is 0 Å². The molecule has 2 heterocycles. The van der Waals surface area contributed by atoms with E-state index in [1.165, 1.54) is 11.6 Å². The average Bonchev–Trinajstić information content (AvgIpc) is 3.06. The van der Waals surface area contributed by atoms with Gasteiger partial charge in [0, 0.05) is 16.7 Å². The number of aliphatic hydroxyl groups is 3. The van der Waals surface area contributed by atoms with Gasteiger partial charge in [0.1, 0.15) is 18.3 Å². The Morgan fingerprint density at radius 3 is 2.62 bits per heavy atom. The first-order valence-corrected chi connectivity index (χ1v) is 12.6. The van der Waals surface area contributed by atoms with Gasteiger partial charge in [-0.15, -0.1) is 0 Å². The van der Waals surface area contributed by atoms with E-state index >= 15 is 0 Å². The monoisotopic (exact) mass is 474 g/mol. The molecule has 11 unspecified atom stereocenters. The number of allylic oxidation sites excluding steroid dienone is 3. The summed E-state index contributed by atoms with van der Waals surface area (Å²) in [6.45, 7) is 11.9. The first-order chi connectivity index (χ1) is 15.8. The van der Waals surface area contributed by atoms with Crippen molar-refractivity contribution in [2.75, 3.05) is 6.61 Å².